The number of rotatable bonds is 5. The van der Waals surface area contributed by atoms with Gasteiger partial charge in [0, 0.05) is 5.02 Å². The highest BCUT2D eigenvalue weighted by Crippen LogP contribution is 2.14. The molecule has 0 aliphatic carbocycles. The van der Waals surface area contributed by atoms with Crippen molar-refractivity contribution >= 4 is 11.6 Å². The van der Waals surface area contributed by atoms with E-state index in [1.54, 1.807) is 0 Å². The van der Waals surface area contributed by atoms with Crippen molar-refractivity contribution in [1.82, 2.24) is 0 Å². The fourth-order valence-corrected chi connectivity index (χ4v) is 1.63. The Labute approximate surface area is 97.1 Å². The van der Waals surface area contributed by atoms with Crippen LogP contribution in [-0.2, 0) is 6.42 Å². The van der Waals surface area contributed by atoms with Gasteiger partial charge in [0.25, 0.3) is 0 Å². The second-order valence-corrected chi connectivity index (χ2v) is 4.77. The molecule has 1 rings (SSSR count). The largest absolute Gasteiger partial charge is 0.393 e. The summed E-state index contributed by atoms with van der Waals surface area (Å²) in [5.41, 5.74) is 1.29. The summed E-state index contributed by atoms with van der Waals surface area (Å²) in [5, 5.41) is 10.4. The number of aliphatic hydroxyl groups is 1. The van der Waals surface area contributed by atoms with E-state index in [4.69, 9.17) is 11.6 Å². The lowest BCUT2D eigenvalue weighted by molar-refractivity contribution is 0.114. The molecule has 1 aromatic carbocycles. The monoisotopic (exact) mass is 226 g/mol. The van der Waals surface area contributed by atoms with Crippen molar-refractivity contribution in [2.45, 2.75) is 39.2 Å². The van der Waals surface area contributed by atoms with Crippen LogP contribution >= 0.6 is 11.6 Å². The third-order valence-corrected chi connectivity index (χ3v) is 2.90. The van der Waals surface area contributed by atoms with Gasteiger partial charge in [-0.3, -0.25) is 0 Å². The topological polar surface area (TPSA) is 20.2 Å². The van der Waals surface area contributed by atoms with Gasteiger partial charge < -0.3 is 5.11 Å². The first-order chi connectivity index (χ1) is 7.09. The third kappa shape index (κ3) is 4.67. The Balaban J connectivity index is 2.29. The molecule has 0 aliphatic rings. The second kappa shape index (κ2) is 6.14. The lowest BCUT2D eigenvalue weighted by Crippen LogP contribution is -2.14. The number of benzene rings is 1. The number of hydrogen-bond donors (Lipinski definition) is 1. The van der Waals surface area contributed by atoms with E-state index in [-0.39, 0.29) is 6.10 Å². The van der Waals surface area contributed by atoms with Gasteiger partial charge in [-0.1, -0.05) is 37.6 Å². The lowest BCUT2D eigenvalue weighted by Gasteiger charge is -2.13. The Hall–Kier alpha value is -0.530. The molecule has 0 amide bonds. The van der Waals surface area contributed by atoms with Crippen LogP contribution in [0.2, 0.25) is 5.02 Å². The molecule has 0 saturated carbocycles. The molecule has 15 heavy (non-hydrogen) atoms. The molecule has 84 valence electrons. The first-order valence-corrected chi connectivity index (χ1v) is 5.90. The van der Waals surface area contributed by atoms with Crippen molar-refractivity contribution in [1.29, 1.82) is 0 Å². The predicted molar refractivity (Wildman–Crippen MR) is 65.2 cm³/mol. The van der Waals surface area contributed by atoms with Gasteiger partial charge in [0.15, 0.2) is 0 Å². The van der Waals surface area contributed by atoms with E-state index in [1.807, 2.05) is 38.1 Å². The highest BCUT2D eigenvalue weighted by atomic mass is 35.5. The Morgan fingerprint density at radius 2 is 1.80 bits per heavy atom. The summed E-state index contributed by atoms with van der Waals surface area (Å²) in [5.74, 6) is 0.357. The quantitative estimate of drug-likeness (QED) is 0.812. The van der Waals surface area contributed by atoms with Crippen molar-refractivity contribution in [2.75, 3.05) is 0 Å². The van der Waals surface area contributed by atoms with Crippen molar-refractivity contribution in [3.8, 4) is 0 Å². The van der Waals surface area contributed by atoms with E-state index in [2.05, 4.69) is 0 Å². The zero-order valence-corrected chi connectivity index (χ0v) is 10.2. The van der Waals surface area contributed by atoms with Gasteiger partial charge >= 0.3 is 0 Å². The molecule has 0 spiro atoms. The zero-order valence-electron chi connectivity index (χ0n) is 9.41. The molecular weight excluding hydrogens is 208 g/mol. The number of aliphatic hydroxyl groups excluding tert-OH is 1. The molecule has 1 atom stereocenters. The maximum atomic E-state index is 9.63. The van der Waals surface area contributed by atoms with E-state index in [0.29, 0.717) is 5.92 Å². The maximum absolute atomic E-state index is 9.63. The molecule has 0 bridgehead atoms. The number of hydrogen-bond acceptors (Lipinski definition) is 1. The second-order valence-electron chi connectivity index (χ2n) is 4.33. The maximum Gasteiger partial charge on any atom is 0.0563 e. The normalized spacial score (nSPS) is 13.1. The molecule has 0 aromatic heterocycles. The van der Waals surface area contributed by atoms with Crippen LogP contribution in [0, 0.1) is 5.92 Å². The van der Waals surface area contributed by atoms with Gasteiger partial charge in [0.1, 0.15) is 0 Å². The number of halogens is 1. The van der Waals surface area contributed by atoms with Gasteiger partial charge in [0.05, 0.1) is 6.10 Å². The van der Waals surface area contributed by atoms with Crippen LogP contribution in [0.25, 0.3) is 0 Å². The first-order valence-electron chi connectivity index (χ1n) is 5.52. The molecule has 1 unspecified atom stereocenters. The Bertz CT molecular complexity index is 279. The SMILES string of the molecule is CC(C)C(O)CCCc1ccc(Cl)cc1. The van der Waals surface area contributed by atoms with Crippen LogP contribution in [0.1, 0.15) is 32.3 Å². The molecule has 0 heterocycles. The van der Waals surface area contributed by atoms with E-state index in [1.165, 1.54) is 5.56 Å². The number of aryl methyl sites for hydroxylation is 1. The predicted octanol–water partition coefficient (Wildman–Crippen LogP) is 3.68. The molecule has 2 heteroatoms. The molecule has 0 fully saturated rings. The van der Waals surface area contributed by atoms with Crippen molar-refractivity contribution in [3.63, 3.8) is 0 Å². The van der Waals surface area contributed by atoms with Gasteiger partial charge in [-0.25, -0.2) is 0 Å². The summed E-state index contributed by atoms with van der Waals surface area (Å²) in [6, 6.07) is 7.92. The molecule has 1 nitrogen and oxygen atoms in total. The minimum atomic E-state index is -0.169. The molecule has 0 aliphatic heterocycles. The fourth-order valence-electron chi connectivity index (χ4n) is 1.50. The van der Waals surface area contributed by atoms with Crippen LogP contribution in [0.5, 0.6) is 0 Å². The summed E-state index contributed by atoms with van der Waals surface area (Å²) in [7, 11) is 0. The van der Waals surface area contributed by atoms with Gasteiger partial charge in [-0.15, -0.1) is 0 Å². The van der Waals surface area contributed by atoms with Crippen LogP contribution in [0.3, 0.4) is 0 Å². The van der Waals surface area contributed by atoms with Crippen LogP contribution in [0.4, 0.5) is 0 Å². The van der Waals surface area contributed by atoms with E-state index >= 15 is 0 Å². The summed E-state index contributed by atoms with van der Waals surface area (Å²) >= 11 is 5.80. The third-order valence-electron chi connectivity index (χ3n) is 2.65. The highest BCUT2D eigenvalue weighted by molar-refractivity contribution is 6.30. The smallest absolute Gasteiger partial charge is 0.0563 e. The lowest BCUT2D eigenvalue weighted by atomic mass is 9.99. The summed E-state index contributed by atoms with van der Waals surface area (Å²) in [6.07, 6.45) is 2.75. The summed E-state index contributed by atoms with van der Waals surface area (Å²) < 4.78 is 0. The van der Waals surface area contributed by atoms with E-state index in [0.717, 1.165) is 24.3 Å². The van der Waals surface area contributed by atoms with Gasteiger partial charge in [-0.05, 0) is 42.9 Å². The minimum Gasteiger partial charge on any atom is -0.393 e. The summed E-state index contributed by atoms with van der Waals surface area (Å²) in [4.78, 5) is 0. The molecule has 0 radical (unpaired) electrons. The minimum absolute atomic E-state index is 0.169. The summed E-state index contributed by atoms with van der Waals surface area (Å²) in [6.45, 7) is 4.10. The van der Waals surface area contributed by atoms with Crippen molar-refractivity contribution in [3.05, 3.63) is 34.9 Å². The van der Waals surface area contributed by atoms with Crippen molar-refractivity contribution in [2.24, 2.45) is 5.92 Å². The van der Waals surface area contributed by atoms with Crippen LogP contribution < -0.4 is 0 Å². The van der Waals surface area contributed by atoms with Crippen molar-refractivity contribution < 1.29 is 5.11 Å². The Kier molecular flexibility index (Phi) is 5.13. The average molecular weight is 227 g/mol. The molecule has 1 N–H and O–H groups in total. The van der Waals surface area contributed by atoms with Crippen LogP contribution in [-0.4, -0.2) is 11.2 Å². The first kappa shape index (κ1) is 12.5. The highest BCUT2D eigenvalue weighted by Gasteiger charge is 2.08. The molecular formula is C13H19ClO. The van der Waals surface area contributed by atoms with E-state index < -0.39 is 0 Å². The molecule has 0 saturated heterocycles. The average Bonchev–Trinajstić information content (AvgIpc) is 2.20. The Morgan fingerprint density at radius 1 is 1.20 bits per heavy atom. The fraction of sp³-hybridized carbons (Fsp3) is 0.538. The Morgan fingerprint density at radius 3 is 2.33 bits per heavy atom. The van der Waals surface area contributed by atoms with Crippen LogP contribution in [0.15, 0.2) is 24.3 Å². The van der Waals surface area contributed by atoms with Gasteiger partial charge in [0.2, 0.25) is 0 Å². The zero-order chi connectivity index (χ0) is 11.3. The molecule has 1 aromatic rings. The van der Waals surface area contributed by atoms with Gasteiger partial charge in [-0.2, -0.15) is 0 Å². The van der Waals surface area contributed by atoms with E-state index in [9.17, 15) is 5.11 Å². The standard InChI is InChI=1S/C13H19ClO/c1-10(2)13(15)5-3-4-11-6-8-12(14)9-7-11/h6-10,13,15H,3-5H2,1-2H3.